The van der Waals surface area contributed by atoms with Crippen LogP contribution in [0.4, 0.5) is 0 Å². The maximum absolute atomic E-state index is 6.38. The number of rotatable bonds is 4. The molecule has 0 aliphatic carbocycles. The summed E-state index contributed by atoms with van der Waals surface area (Å²) < 4.78 is 5.93. The first-order valence-electron chi connectivity index (χ1n) is 7.33. The van der Waals surface area contributed by atoms with Gasteiger partial charge in [0.2, 0.25) is 0 Å². The smallest absolute Gasteiger partial charge is 0.0707 e. The summed E-state index contributed by atoms with van der Waals surface area (Å²) in [6, 6.07) is 4.57. The summed E-state index contributed by atoms with van der Waals surface area (Å²) in [5.74, 6) is 0. The van der Waals surface area contributed by atoms with Crippen molar-refractivity contribution >= 4 is 0 Å². The molecule has 104 valence electrons. The molecule has 2 aliphatic rings. The van der Waals surface area contributed by atoms with E-state index in [2.05, 4.69) is 22.9 Å². The molecule has 2 N–H and O–H groups in total. The second-order valence-electron chi connectivity index (χ2n) is 5.71. The molecule has 4 atom stereocenters. The standard InChI is InChI=1S/C15H23N3O/c1-2-14(16)15(11-4-3-7-17-8-11)18-9-12-5-6-13(10-18)19-12/h3-4,7-8,12-15H,2,5-6,9-10,16H2,1H3. The first kappa shape index (κ1) is 13.0. The molecule has 2 fully saturated rings. The van der Waals surface area contributed by atoms with Crippen molar-refractivity contribution in [1.82, 2.24) is 9.88 Å². The lowest BCUT2D eigenvalue weighted by Gasteiger charge is -2.40. The molecule has 0 spiro atoms. The first-order valence-corrected chi connectivity index (χ1v) is 7.33. The van der Waals surface area contributed by atoms with E-state index in [-0.39, 0.29) is 12.1 Å². The molecule has 2 aliphatic heterocycles. The van der Waals surface area contributed by atoms with Crippen molar-refractivity contribution in [1.29, 1.82) is 0 Å². The van der Waals surface area contributed by atoms with Crippen LogP contribution >= 0.6 is 0 Å². The van der Waals surface area contributed by atoms with Crippen LogP contribution < -0.4 is 5.73 Å². The predicted octanol–water partition coefficient (Wildman–Crippen LogP) is 1.72. The molecule has 4 nitrogen and oxygen atoms in total. The molecule has 0 saturated carbocycles. The fraction of sp³-hybridized carbons (Fsp3) is 0.667. The van der Waals surface area contributed by atoms with Gasteiger partial charge in [-0.3, -0.25) is 9.88 Å². The summed E-state index contributed by atoms with van der Waals surface area (Å²) in [6.45, 7) is 4.16. The number of nitrogens with zero attached hydrogens (tertiary/aromatic N) is 2. The van der Waals surface area contributed by atoms with E-state index in [9.17, 15) is 0 Å². The van der Waals surface area contributed by atoms with Crippen molar-refractivity contribution in [3.8, 4) is 0 Å². The van der Waals surface area contributed by atoms with Crippen LogP contribution in [0.1, 0.15) is 37.8 Å². The number of pyridine rings is 1. The second-order valence-corrected chi connectivity index (χ2v) is 5.71. The molecule has 2 saturated heterocycles. The highest BCUT2D eigenvalue weighted by Gasteiger charge is 2.38. The summed E-state index contributed by atoms with van der Waals surface area (Å²) in [7, 11) is 0. The van der Waals surface area contributed by atoms with Gasteiger partial charge in [-0.2, -0.15) is 0 Å². The van der Waals surface area contributed by atoms with Gasteiger partial charge >= 0.3 is 0 Å². The van der Waals surface area contributed by atoms with Crippen molar-refractivity contribution in [3.63, 3.8) is 0 Å². The maximum atomic E-state index is 6.38. The number of nitrogens with two attached hydrogens (primary N) is 1. The Morgan fingerprint density at radius 1 is 1.42 bits per heavy atom. The van der Waals surface area contributed by atoms with Crippen LogP contribution in [0, 0.1) is 0 Å². The molecule has 0 aromatic carbocycles. The van der Waals surface area contributed by atoms with E-state index in [0.717, 1.165) is 19.5 Å². The maximum Gasteiger partial charge on any atom is 0.0707 e. The Hall–Kier alpha value is -0.970. The molecular weight excluding hydrogens is 238 g/mol. The third-order valence-electron chi connectivity index (χ3n) is 4.37. The van der Waals surface area contributed by atoms with E-state index >= 15 is 0 Å². The predicted molar refractivity (Wildman–Crippen MR) is 74.7 cm³/mol. The van der Waals surface area contributed by atoms with Gasteiger partial charge in [0.15, 0.2) is 0 Å². The van der Waals surface area contributed by atoms with Crippen molar-refractivity contribution in [2.24, 2.45) is 5.73 Å². The third-order valence-corrected chi connectivity index (χ3v) is 4.37. The van der Waals surface area contributed by atoms with Crippen LogP contribution in [0.25, 0.3) is 0 Å². The lowest BCUT2D eigenvalue weighted by Crippen LogP contribution is -2.49. The molecule has 4 unspecified atom stereocenters. The Morgan fingerprint density at radius 3 is 2.74 bits per heavy atom. The highest BCUT2D eigenvalue weighted by atomic mass is 16.5. The Kier molecular flexibility index (Phi) is 3.82. The van der Waals surface area contributed by atoms with Crippen LogP contribution in [0.15, 0.2) is 24.5 Å². The topological polar surface area (TPSA) is 51.4 Å². The monoisotopic (exact) mass is 261 g/mol. The highest BCUT2D eigenvalue weighted by molar-refractivity contribution is 5.17. The molecule has 0 amide bonds. The summed E-state index contributed by atoms with van der Waals surface area (Å²) in [5.41, 5.74) is 7.62. The minimum Gasteiger partial charge on any atom is -0.372 e. The normalized spacial score (nSPS) is 30.2. The van der Waals surface area contributed by atoms with E-state index in [1.807, 2.05) is 18.5 Å². The molecule has 1 aromatic rings. The molecule has 3 heterocycles. The van der Waals surface area contributed by atoms with E-state index in [0.29, 0.717) is 12.2 Å². The Balaban J connectivity index is 1.83. The SMILES string of the molecule is CCC(N)C(c1cccnc1)N1CC2CCC(C1)O2. The molecule has 19 heavy (non-hydrogen) atoms. The molecule has 4 heteroatoms. The number of ether oxygens (including phenoxy) is 1. The van der Waals surface area contributed by atoms with Gasteiger partial charge in [0.1, 0.15) is 0 Å². The van der Waals surface area contributed by atoms with Gasteiger partial charge in [-0.1, -0.05) is 13.0 Å². The highest BCUT2D eigenvalue weighted by Crippen LogP contribution is 2.33. The van der Waals surface area contributed by atoms with Gasteiger partial charge in [0.25, 0.3) is 0 Å². The van der Waals surface area contributed by atoms with Crippen LogP contribution in [-0.2, 0) is 4.74 Å². The quantitative estimate of drug-likeness (QED) is 0.896. The van der Waals surface area contributed by atoms with Gasteiger partial charge in [0, 0.05) is 31.5 Å². The summed E-state index contributed by atoms with van der Waals surface area (Å²) in [5, 5.41) is 0. The van der Waals surface area contributed by atoms with Gasteiger partial charge < -0.3 is 10.5 Å². The number of morpholine rings is 1. The van der Waals surface area contributed by atoms with Gasteiger partial charge in [0.05, 0.1) is 18.2 Å². The van der Waals surface area contributed by atoms with Crippen LogP contribution in [0.5, 0.6) is 0 Å². The molecular formula is C15H23N3O. The van der Waals surface area contributed by atoms with Crippen molar-refractivity contribution in [2.75, 3.05) is 13.1 Å². The Bertz CT molecular complexity index is 399. The van der Waals surface area contributed by atoms with Gasteiger partial charge in [-0.05, 0) is 30.9 Å². The van der Waals surface area contributed by atoms with E-state index in [1.165, 1.54) is 18.4 Å². The minimum atomic E-state index is 0.154. The number of aromatic nitrogens is 1. The third kappa shape index (κ3) is 2.66. The zero-order chi connectivity index (χ0) is 13.2. The average Bonchev–Trinajstić information content (AvgIpc) is 2.79. The second kappa shape index (κ2) is 5.57. The summed E-state index contributed by atoms with van der Waals surface area (Å²) >= 11 is 0. The molecule has 2 bridgehead atoms. The van der Waals surface area contributed by atoms with E-state index in [4.69, 9.17) is 10.5 Å². The van der Waals surface area contributed by atoms with E-state index < -0.39 is 0 Å². The Morgan fingerprint density at radius 2 is 2.16 bits per heavy atom. The zero-order valence-corrected chi connectivity index (χ0v) is 11.5. The lowest BCUT2D eigenvalue weighted by molar-refractivity contribution is -0.0569. The van der Waals surface area contributed by atoms with Crippen LogP contribution in [-0.4, -0.2) is 41.2 Å². The summed E-state index contributed by atoms with van der Waals surface area (Å²) in [6.07, 6.45) is 7.96. The number of fused-ring (bicyclic) bond motifs is 2. The fourth-order valence-electron chi connectivity index (χ4n) is 3.38. The van der Waals surface area contributed by atoms with Crippen LogP contribution in [0.2, 0.25) is 0 Å². The van der Waals surface area contributed by atoms with Gasteiger partial charge in [-0.15, -0.1) is 0 Å². The van der Waals surface area contributed by atoms with E-state index in [1.54, 1.807) is 0 Å². The fourth-order valence-corrected chi connectivity index (χ4v) is 3.38. The Labute approximate surface area is 115 Å². The summed E-state index contributed by atoms with van der Waals surface area (Å²) in [4.78, 5) is 6.77. The molecule has 0 radical (unpaired) electrons. The molecule has 1 aromatic heterocycles. The van der Waals surface area contributed by atoms with Gasteiger partial charge in [-0.25, -0.2) is 0 Å². The zero-order valence-electron chi connectivity index (χ0n) is 11.5. The largest absolute Gasteiger partial charge is 0.372 e. The lowest BCUT2D eigenvalue weighted by atomic mass is 9.97. The van der Waals surface area contributed by atoms with Crippen LogP contribution in [0.3, 0.4) is 0 Å². The number of likely N-dealkylation sites (tertiary alicyclic amines) is 1. The molecule has 3 rings (SSSR count). The van der Waals surface area contributed by atoms with Crippen molar-refractivity contribution < 1.29 is 4.74 Å². The first-order chi connectivity index (χ1) is 9.28. The number of hydrogen-bond acceptors (Lipinski definition) is 4. The number of hydrogen-bond donors (Lipinski definition) is 1. The minimum absolute atomic E-state index is 0.154. The average molecular weight is 261 g/mol. The van der Waals surface area contributed by atoms with Crippen molar-refractivity contribution in [3.05, 3.63) is 30.1 Å². The van der Waals surface area contributed by atoms with Crippen molar-refractivity contribution in [2.45, 2.75) is 50.5 Å².